The van der Waals surface area contributed by atoms with Crippen LogP contribution in [0.1, 0.15) is 37.0 Å². The van der Waals surface area contributed by atoms with E-state index in [1.54, 1.807) is 0 Å². The molecule has 0 bridgehead atoms. The molecule has 2 aliphatic rings. The zero-order valence-electron chi connectivity index (χ0n) is 15.1. The predicted octanol–water partition coefficient (Wildman–Crippen LogP) is 7.22. The van der Waals surface area contributed by atoms with Gasteiger partial charge in [0, 0.05) is 3.57 Å². The minimum atomic E-state index is 0.189. The summed E-state index contributed by atoms with van der Waals surface area (Å²) in [5, 5.41) is 2.65. The smallest absolute Gasteiger partial charge is 0.0136 e. The Hall–Kier alpha value is -1.87. The number of benzene rings is 3. The first-order valence-electron chi connectivity index (χ1n) is 9.24. The SMILES string of the molecule is CC1(C)c2ccccc2C2=CC=C(c3ccc4cc(I)ccc4c3)CC21. The summed E-state index contributed by atoms with van der Waals surface area (Å²) in [6, 6.07) is 22.5. The Balaban J connectivity index is 1.59. The Morgan fingerprint density at radius 3 is 2.54 bits per heavy atom. The Labute approximate surface area is 168 Å². The summed E-state index contributed by atoms with van der Waals surface area (Å²) in [5.74, 6) is 0.562. The zero-order chi connectivity index (χ0) is 17.9. The van der Waals surface area contributed by atoms with Crippen LogP contribution in [0.3, 0.4) is 0 Å². The molecule has 0 fully saturated rings. The van der Waals surface area contributed by atoms with Gasteiger partial charge in [0.2, 0.25) is 0 Å². The summed E-state index contributed by atoms with van der Waals surface area (Å²) in [6.07, 6.45) is 5.83. The van der Waals surface area contributed by atoms with Crippen molar-refractivity contribution in [3.05, 3.63) is 93.1 Å². The van der Waals surface area contributed by atoms with Crippen LogP contribution < -0.4 is 0 Å². The van der Waals surface area contributed by atoms with Gasteiger partial charge in [-0.1, -0.05) is 68.5 Å². The Morgan fingerprint density at radius 1 is 0.885 bits per heavy atom. The first-order chi connectivity index (χ1) is 12.5. The molecule has 2 aliphatic carbocycles. The van der Waals surface area contributed by atoms with Crippen LogP contribution in [-0.4, -0.2) is 0 Å². The van der Waals surface area contributed by atoms with Gasteiger partial charge < -0.3 is 0 Å². The molecule has 0 saturated heterocycles. The molecule has 0 amide bonds. The van der Waals surface area contributed by atoms with E-state index in [9.17, 15) is 0 Å². The normalized spacial score (nSPS) is 20.3. The van der Waals surface area contributed by atoms with E-state index in [4.69, 9.17) is 0 Å². The van der Waals surface area contributed by atoms with Crippen LogP contribution >= 0.6 is 22.6 Å². The molecule has 0 aromatic heterocycles. The topological polar surface area (TPSA) is 0 Å². The molecular weight excluding hydrogens is 427 g/mol. The third-order valence-corrected chi connectivity index (χ3v) is 6.91. The molecule has 0 spiro atoms. The van der Waals surface area contributed by atoms with Crippen LogP contribution in [-0.2, 0) is 5.41 Å². The van der Waals surface area contributed by atoms with Gasteiger partial charge in [0.15, 0.2) is 0 Å². The lowest BCUT2D eigenvalue weighted by Crippen LogP contribution is -2.24. The van der Waals surface area contributed by atoms with Crippen molar-refractivity contribution in [3.8, 4) is 0 Å². The van der Waals surface area contributed by atoms with E-state index in [0.717, 1.165) is 6.42 Å². The Morgan fingerprint density at radius 2 is 1.65 bits per heavy atom. The molecule has 1 heteroatoms. The third kappa shape index (κ3) is 2.40. The summed E-state index contributed by atoms with van der Waals surface area (Å²) in [4.78, 5) is 0. The molecule has 0 aliphatic heterocycles. The van der Waals surface area contributed by atoms with Crippen molar-refractivity contribution in [1.82, 2.24) is 0 Å². The van der Waals surface area contributed by atoms with Crippen molar-refractivity contribution in [1.29, 1.82) is 0 Å². The molecular formula is C25H21I. The highest BCUT2D eigenvalue weighted by atomic mass is 127. The predicted molar refractivity (Wildman–Crippen MR) is 120 cm³/mol. The van der Waals surface area contributed by atoms with Crippen molar-refractivity contribution >= 4 is 44.5 Å². The van der Waals surface area contributed by atoms with Gasteiger partial charge in [-0.25, -0.2) is 0 Å². The van der Waals surface area contributed by atoms with Gasteiger partial charge in [-0.3, -0.25) is 0 Å². The maximum atomic E-state index is 2.41. The molecule has 128 valence electrons. The quantitative estimate of drug-likeness (QED) is 0.345. The van der Waals surface area contributed by atoms with E-state index < -0.39 is 0 Å². The summed E-state index contributed by atoms with van der Waals surface area (Å²) >= 11 is 2.38. The molecule has 3 aromatic rings. The van der Waals surface area contributed by atoms with Gasteiger partial charge in [0.1, 0.15) is 0 Å². The van der Waals surface area contributed by atoms with E-state index in [2.05, 4.69) is 109 Å². The number of halogens is 1. The monoisotopic (exact) mass is 448 g/mol. The minimum absolute atomic E-state index is 0.189. The van der Waals surface area contributed by atoms with Crippen LogP contribution in [0.4, 0.5) is 0 Å². The molecule has 26 heavy (non-hydrogen) atoms. The molecule has 1 atom stereocenters. The van der Waals surface area contributed by atoms with Crippen LogP contribution in [0.25, 0.3) is 21.9 Å². The largest absolute Gasteiger partial charge is 0.0619 e. The standard InChI is InChI=1S/C25H21I/c1-25(2)23-6-4-3-5-21(23)22-12-10-19(15-24(22)25)16-7-8-18-14-20(26)11-9-17(18)13-16/h3-14,24H,15H2,1-2H3. The van der Waals surface area contributed by atoms with Gasteiger partial charge in [-0.2, -0.15) is 0 Å². The highest BCUT2D eigenvalue weighted by molar-refractivity contribution is 14.1. The van der Waals surface area contributed by atoms with E-state index >= 15 is 0 Å². The second kappa shape index (κ2) is 5.82. The molecule has 1 unspecified atom stereocenters. The molecule has 0 radical (unpaired) electrons. The summed E-state index contributed by atoms with van der Waals surface area (Å²) in [6.45, 7) is 4.81. The van der Waals surface area contributed by atoms with Gasteiger partial charge in [-0.05, 0) is 97.2 Å². The van der Waals surface area contributed by atoms with Crippen LogP contribution in [0.2, 0.25) is 0 Å². The fourth-order valence-electron chi connectivity index (χ4n) is 4.74. The Bertz CT molecular complexity index is 1100. The molecule has 0 saturated carbocycles. The van der Waals surface area contributed by atoms with Crippen molar-refractivity contribution < 1.29 is 0 Å². The van der Waals surface area contributed by atoms with Crippen molar-refractivity contribution in [2.45, 2.75) is 25.7 Å². The second-order valence-corrected chi connectivity index (χ2v) is 9.29. The maximum Gasteiger partial charge on any atom is 0.0136 e. The van der Waals surface area contributed by atoms with Crippen molar-refractivity contribution in [3.63, 3.8) is 0 Å². The Kier molecular flexibility index (Phi) is 3.65. The van der Waals surface area contributed by atoms with Crippen LogP contribution in [0.15, 0.2) is 72.8 Å². The van der Waals surface area contributed by atoms with Crippen molar-refractivity contribution in [2.75, 3.05) is 0 Å². The van der Waals surface area contributed by atoms with E-state index in [1.807, 2.05) is 0 Å². The van der Waals surface area contributed by atoms with Crippen LogP contribution in [0.5, 0.6) is 0 Å². The fraction of sp³-hybridized carbons (Fsp3) is 0.200. The summed E-state index contributed by atoms with van der Waals surface area (Å²) in [5.41, 5.74) is 7.48. The number of allylic oxidation sites excluding steroid dienone is 4. The molecule has 0 nitrogen and oxygen atoms in total. The lowest BCUT2D eigenvalue weighted by Gasteiger charge is -2.31. The van der Waals surface area contributed by atoms with E-state index in [-0.39, 0.29) is 5.41 Å². The summed E-state index contributed by atoms with van der Waals surface area (Å²) < 4.78 is 1.29. The van der Waals surface area contributed by atoms with Crippen LogP contribution in [0, 0.1) is 9.49 Å². The molecule has 3 aromatic carbocycles. The highest BCUT2D eigenvalue weighted by Crippen LogP contribution is 2.54. The van der Waals surface area contributed by atoms with E-state index in [1.165, 1.54) is 42.2 Å². The fourth-order valence-corrected chi connectivity index (χ4v) is 5.26. The average Bonchev–Trinajstić information content (AvgIpc) is 2.89. The number of rotatable bonds is 1. The van der Waals surface area contributed by atoms with Crippen molar-refractivity contribution in [2.24, 2.45) is 5.92 Å². The second-order valence-electron chi connectivity index (χ2n) is 8.04. The lowest BCUT2D eigenvalue weighted by molar-refractivity contribution is 0.418. The number of hydrogen-bond acceptors (Lipinski definition) is 0. The van der Waals surface area contributed by atoms with Gasteiger partial charge in [0.05, 0.1) is 0 Å². The lowest BCUT2D eigenvalue weighted by atomic mass is 9.72. The van der Waals surface area contributed by atoms with Gasteiger partial charge in [-0.15, -0.1) is 0 Å². The maximum absolute atomic E-state index is 2.41. The first kappa shape index (κ1) is 16.3. The highest BCUT2D eigenvalue weighted by Gasteiger charge is 2.43. The average molecular weight is 448 g/mol. The first-order valence-corrected chi connectivity index (χ1v) is 10.3. The number of hydrogen-bond donors (Lipinski definition) is 0. The van der Waals surface area contributed by atoms with Gasteiger partial charge in [0.25, 0.3) is 0 Å². The molecule has 0 heterocycles. The van der Waals surface area contributed by atoms with E-state index in [0.29, 0.717) is 5.92 Å². The third-order valence-electron chi connectivity index (χ3n) is 6.24. The summed E-state index contributed by atoms with van der Waals surface area (Å²) in [7, 11) is 0. The minimum Gasteiger partial charge on any atom is -0.0619 e. The number of fused-ring (bicyclic) bond motifs is 4. The van der Waals surface area contributed by atoms with Gasteiger partial charge >= 0.3 is 0 Å². The zero-order valence-corrected chi connectivity index (χ0v) is 17.2. The molecule has 5 rings (SSSR count). The molecule has 0 N–H and O–H groups in total.